The number of aliphatic carboxylic acids is 2. The zero-order valence-electron chi connectivity index (χ0n) is 38.6. The van der Waals surface area contributed by atoms with Gasteiger partial charge in [0.15, 0.2) is 5.78 Å². The van der Waals surface area contributed by atoms with E-state index in [9.17, 15) is 34.2 Å². The maximum absolute atomic E-state index is 14.5. The van der Waals surface area contributed by atoms with E-state index < -0.39 is 46.2 Å². The van der Waals surface area contributed by atoms with Crippen LogP contribution in [0.2, 0.25) is 5.02 Å². The molecule has 11 heteroatoms. The van der Waals surface area contributed by atoms with Crippen molar-refractivity contribution in [2.45, 2.75) is 166 Å². The highest BCUT2D eigenvalue weighted by Crippen LogP contribution is 2.77. The van der Waals surface area contributed by atoms with Crippen molar-refractivity contribution >= 4 is 41.3 Å². The average Bonchev–Trinajstić information content (AvgIpc) is 3.46. The zero-order chi connectivity index (χ0) is 45.3. The number of Topliss-reactive ketones (excluding diaryl/α,β-unsaturated/α-hetero) is 1. The van der Waals surface area contributed by atoms with E-state index in [0.29, 0.717) is 36.4 Å². The van der Waals surface area contributed by atoms with Crippen molar-refractivity contribution in [3.05, 3.63) is 46.0 Å². The normalized spacial score (nSPS) is 33.8. The second-order valence-electron chi connectivity index (χ2n) is 22.7. The van der Waals surface area contributed by atoms with Crippen molar-refractivity contribution in [2.24, 2.45) is 61.6 Å². The lowest BCUT2D eigenvalue weighted by Gasteiger charge is -2.72. The highest BCUT2D eigenvalue weighted by Gasteiger charge is 2.71. The molecule has 0 radical (unpaired) electrons. The van der Waals surface area contributed by atoms with Gasteiger partial charge in [-0.1, -0.05) is 72.2 Å². The van der Waals surface area contributed by atoms with Gasteiger partial charge in [-0.05, 0) is 148 Å². The number of hydrogen-bond donors (Lipinski definition) is 3. The molecule has 0 amide bonds. The van der Waals surface area contributed by atoms with E-state index in [1.165, 1.54) is 19.4 Å². The molecule has 1 aromatic carbocycles. The number of carboxylic acids is 2. The highest BCUT2D eigenvalue weighted by molar-refractivity contribution is 6.30. The summed E-state index contributed by atoms with van der Waals surface area (Å²) in [5.74, 6) is -2.22. The Morgan fingerprint density at radius 3 is 2.00 bits per heavy atom. The van der Waals surface area contributed by atoms with Gasteiger partial charge in [-0.15, -0.1) is 0 Å². The van der Waals surface area contributed by atoms with E-state index in [1.807, 2.05) is 24.3 Å². The summed E-state index contributed by atoms with van der Waals surface area (Å²) in [4.78, 5) is 65.5. The molecule has 0 bridgehead atoms. The van der Waals surface area contributed by atoms with Gasteiger partial charge in [0.1, 0.15) is 12.2 Å². The van der Waals surface area contributed by atoms with Crippen LogP contribution in [0, 0.1) is 61.6 Å². The number of benzene rings is 1. The molecule has 4 saturated carbocycles. The summed E-state index contributed by atoms with van der Waals surface area (Å²) in [6.45, 7) is 23.2. The molecular weight excluding hydrogens is 794 g/mol. The summed E-state index contributed by atoms with van der Waals surface area (Å²) in [6, 6.07) is 7.59. The van der Waals surface area contributed by atoms with E-state index in [4.69, 9.17) is 21.1 Å². The van der Waals surface area contributed by atoms with E-state index in [-0.39, 0.29) is 64.6 Å². The van der Waals surface area contributed by atoms with E-state index >= 15 is 0 Å². The number of hydrogen-bond acceptors (Lipinski definition) is 8. The van der Waals surface area contributed by atoms with Crippen LogP contribution in [-0.4, -0.2) is 58.6 Å². The number of nitrogens with one attached hydrogen (secondary N) is 1. The fraction of sp³-hybridized carbons (Fsp3) is 0.740. The predicted molar refractivity (Wildman–Crippen MR) is 234 cm³/mol. The van der Waals surface area contributed by atoms with Gasteiger partial charge in [0, 0.05) is 35.4 Å². The Kier molecular flexibility index (Phi) is 12.7. The third-order valence-corrected chi connectivity index (χ3v) is 17.7. The van der Waals surface area contributed by atoms with Crippen LogP contribution in [0.25, 0.3) is 0 Å². The number of rotatable bonds is 14. The van der Waals surface area contributed by atoms with Crippen LogP contribution < -0.4 is 5.32 Å². The van der Waals surface area contributed by atoms with Gasteiger partial charge in [-0.3, -0.25) is 24.0 Å². The Hall–Kier alpha value is -3.24. The minimum atomic E-state index is -1.32. The lowest BCUT2D eigenvalue weighted by Crippen LogP contribution is -2.66. The number of ether oxygens (including phenoxy) is 2. The number of allylic oxidation sites excluding steroid dienone is 1. The molecule has 0 spiro atoms. The van der Waals surface area contributed by atoms with Crippen molar-refractivity contribution in [2.75, 3.05) is 6.54 Å². The first-order valence-electron chi connectivity index (χ1n) is 22.7. The van der Waals surface area contributed by atoms with Gasteiger partial charge >= 0.3 is 23.9 Å². The molecule has 3 N–H and O–H groups in total. The highest BCUT2D eigenvalue weighted by atomic mass is 35.5. The van der Waals surface area contributed by atoms with Gasteiger partial charge < -0.3 is 25.0 Å². The summed E-state index contributed by atoms with van der Waals surface area (Å²) in [6.07, 6.45) is 5.87. The molecule has 0 aromatic heterocycles. The number of halogens is 1. The summed E-state index contributed by atoms with van der Waals surface area (Å²) in [5, 5.41) is 23.8. The van der Waals surface area contributed by atoms with Crippen LogP contribution >= 0.6 is 11.6 Å². The molecule has 5 aliphatic rings. The summed E-state index contributed by atoms with van der Waals surface area (Å²) >= 11 is 6.18. The van der Waals surface area contributed by atoms with Gasteiger partial charge in [-0.2, -0.15) is 0 Å². The summed E-state index contributed by atoms with van der Waals surface area (Å²) < 4.78 is 12.7. The van der Waals surface area contributed by atoms with Gasteiger partial charge in [-0.25, -0.2) is 0 Å². The fourth-order valence-corrected chi connectivity index (χ4v) is 14.0. The van der Waals surface area contributed by atoms with Crippen LogP contribution in [0.5, 0.6) is 0 Å². The maximum atomic E-state index is 14.5. The zero-order valence-corrected chi connectivity index (χ0v) is 39.4. The average molecular weight is 867 g/mol. The SMILES string of the molecule is CC(C)C1=C2[C@H]3CC[C@@H]4[C@@]5(C)CC[C@H](OC(=O)CC(C)(C)C(=O)O)C(C)(C)[C@@H]5CC[C@@]4(C)[C@]3(C)CC[C@]2([C@@H](CNCc2ccc(Cl)cc2)OC(=O)CC(C)(C)C(=O)O)CC1=O. The number of ketones is 1. The molecule has 0 unspecified atom stereocenters. The first kappa shape index (κ1) is 47.2. The third-order valence-electron chi connectivity index (χ3n) is 17.5. The Labute approximate surface area is 368 Å². The molecule has 0 heterocycles. The van der Waals surface area contributed by atoms with Crippen molar-refractivity contribution in [3.8, 4) is 0 Å². The first-order valence-corrected chi connectivity index (χ1v) is 23.1. The second kappa shape index (κ2) is 16.4. The number of carbonyl (C=O) groups is 5. The number of carbonyl (C=O) groups excluding carboxylic acids is 3. The van der Waals surface area contributed by atoms with Crippen LogP contribution in [0.4, 0.5) is 0 Å². The summed E-state index contributed by atoms with van der Waals surface area (Å²) in [7, 11) is 0. The molecule has 0 saturated heterocycles. The minimum absolute atomic E-state index is 0.0188. The van der Waals surface area contributed by atoms with Crippen LogP contribution in [0.3, 0.4) is 0 Å². The topological polar surface area (TPSA) is 156 Å². The number of fused-ring (bicyclic) bond motifs is 7. The minimum Gasteiger partial charge on any atom is -0.481 e. The summed E-state index contributed by atoms with van der Waals surface area (Å²) in [5.41, 5.74) is -0.716. The fourth-order valence-electron chi connectivity index (χ4n) is 13.8. The van der Waals surface area contributed by atoms with Gasteiger partial charge in [0.2, 0.25) is 0 Å². The monoisotopic (exact) mass is 865 g/mol. The first-order chi connectivity index (χ1) is 28.2. The third kappa shape index (κ3) is 8.12. The van der Waals surface area contributed by atoms with E-state index in [0.717, 1.165) is 56.1 Å². The van der Waals surface area contributed by atoms with Gasteiger partial charge in [0.25, 0.3) is 0 Å². The van der Waals surface area contributed by atoms with Crippen molar-refractivity contribution < 1.29 is 43.7 Å². The lowest BCUT2D eigenvalue weighted by molar-refractivity contribution is -0.235. The second-order valence-corrected chi connectivity index (χ2v) is 23.1. The molecule has 338 valence electrons. The predicted octanol–water partition coefficient (Wildman–Crippen LogP) is 10.2. The van der Waals surface area contributed by atoms with Crippen molar-refractivity contribution in [1.82, 2.24) is 5.32 Å². The molecule has 9 atom stereocenters. The maximum Gasteiger partial charge on any atom is 0.309 e. The Bertz CT molecular complexity index is 1950. The van der Waals surface area contributed by atoms with Crippen LogP contribution in [0.15, 0.2) is 35.4 Å². The van der Waals surface area contributed by atoms with Crippen LogP contribution in [0.1, 0.15) is 152 Å². The molecule has 10 nitrogen and oxygen atoms in total. The molecular formula is C50H72ClNO9. The van der Waals surface area contributed by atoms with E-state index in [1.54, 1.807) is 13.8 Å². The van der Waals surface area contributed by atoms with Gasteiger partial charge in [0.05, 0.1) is 23.7 Å². The van der Waals surface area contributed by atoms with Crippen LogP contribution in [-0.2, 0) is 40.0 Å². The molecule has 0 aliphatic heterocycles. The van der Waals surface area contributed by atoms with Crippen molar-refractivity contribution in [3.63, 3.8) is 0 Å². The quantitative estimate of drug-likeness (QED) is 0.154. The number of carboxylic acid groups (broad SMARTS) is 2. The smallest absolute Gasteiger partial charge is 0.309 e. The molecule has 61 heavy (non-hydrogen) atoms. The largest absolute Gasteiger partial charge is 0.481 e. The Morgan fingerprint density at radius 1 is 0.803 bits per heavy atom. The standard InChI is InChI=1S/C50H72ClNO9/c1-29(2)40-33(53)24-50(37(61-39(55)26-45(5,6)43(58)59)28-52-27-30-12-14-31(51)15-13-30)23-22-48(10)32(41(40)50)16-17-35-47(9)20-19-36(60-38(54)25-44(3,4)42(56)57)46(7,8)34(47)18-21-49(35,48)11/h12-15,29,32,34-37,52H,16-28H2,1-11H3,(H,56,57)(H,58,59)/t32-,34+,35-,36+,37-,47+,48-,49-,50-/m1/s1. The van der Waals surface area contributed by atoms with E-state index in [2.05, 4.69) is 53.8 Å². The molecule has 6 rings (SSSR count). The molecule has 1 aromatic rings. The Morgan fingerprint density at radius 2 is 1.41 bits per heavy atom. The van der Waals surface area contributed by atoms with Crippen molar-refractivity contribution in [1.29, 1.82) is 0 Å². The molecule has 4 fully saturated rings. The Balaban J connectivity index is 1.33. The number of esters is 2. The molecule has 5 aliphatic carbocycles. The lowest BCUT2D eigenvalue weighted by atomic mass is 9.33.